The molecule has 6 heteroatoms. The van der Waals surface area contributed by atoms with Crippen LogP contribution in [0.25, 0.3) is 0 Å². The molecule has 112 valence electrons. The molecule has 1 saturated heterocycles. The van der Waals surface area contributed by atoms with E-state index in [2.05, 4.69) is 21.2 Å². The van der Waals surface area contributed by atoms with Crippen molar-refractivity contribution in [2.45, 2.75) is 37.1 Å². The SMILES string of the molecule is CCN(CC1CCCCN1)S(=O)(=O)c1ccc(Br)cc1. The lowest BCUT2D eigenvalue weighted by atomic mass is 10.1. The summed E-state index contributed by atoms with van der Waals surface area (Å²) in [7, 11) is -3.39. The number of piperidine rings is 1. The number of hydrogen-bond acceptors (Lipinski definition) is 3. The summed E-state index contributed by atoms with van der Waals surface area (Å²) in [6.45, 7) is 3.92. The number of sulfonamides is 1. The van der Waals surface area contributed by atoms with E-state index in [0.717, 1.165) is 17.4 Å². The average molecular weight is 361 g/mol. The zero-order valence-corrected chi connectivity index (χ0v) is 14.1. The molecule has 1 N–H and O–H groups in total. The molecule has 4 nitrogen and oxygen atoms in total. The van der Waals surface area contributed by atoms with Crippen LogP contribution >= 0.6 is 15.9 Å². The fourth-order valence-corrected chi connectivity index (χ4v) is 4.24. The van der Waals surface area contributed by atoms with Gasteiger partial charge in [0, 0.05) is 23.6 Å². The van der Waals surface area contributed by atoms with Crippen LogP contribution in [0.2, 0.25) is 0 Å². The van der Waals surface area contributed by atoms with E-state index in [1.807, 2.05) is 6.92 Å². The molecule has 1 unspecified atom stereocenters. The van der Waals surface area contributed by atoms with Crippen molar-refractivity contribution in [2.75, 3.05) is 19.6 Å². The van der Waals surface area contributed by atoms with Gasteiger partial charge in [0.2, 0.25) is 10.0 Å². The molecule has 1 aromatic rings. The van der Waals surface area contributed by atoms with Gasteiger partial charge < -0.3 is 5.32 Å². The van der Waals surface area contributed by atoms with Gasteiger partial charge in [0.05, 0.1) is 4.90 Å². The molecule has 1 aromatic carbocycles. The maximum Gasteiger partial charge on any atom is 0.243 e. The van der Waals surface area contributed by atoms with E-state index in [1.54, 1.807) is 28.6 Å². The third-order valence-electron chi connectivity index (χ3n) is 3.64. The molecule has 1 aliphatic rings. The molecule has 0 bridgehead atoms. The molecule has 1 aliphatic heterocycles. The molecule has 1 heterocycles. The molecule has 1 fully saturated rings. The highest BCUT2D eigenvalue weighted by atomic mass is 79.9. The molecular weight excluding hydrogens is 340 g/mol. The molecule has 0 amide bonds. The van der Waals surface area contributed by atoms with Crippen LogP contribution < -0.4 is 5.32 Å². The van der Waals surface area contributed by atoms with Crippen LogP contribution in [-0.2, 0) is 10.0 Å². The van der Waals surface area contributed by atoms with E-state index in [-0.39, 0.29) is 6.04 Å². The lowest BCUT2D eigenvalue weighted by molar-refractivity contribution is 0.319. The van der Waals surface area contributed by atoms with Crippen molar-refractivity contribution in [2.24, 2.45) is 0 Å². The molecule has 20 heavy (non-hydrogen) atoms. The van der Waals surface area contributed by atoms with Gasteiger partial charge in [-0.05, 0) is 43.7 Å². The van der Waals surface area contributed by atoms with Gasteiger partial charge in [-0.3, -0.25) is 0 Å². The number of nitrogens with one attached hydrogen (secondary N) is 1. The quantitative estimate of drug-likeness (QED) is 0.877. The van der Waals surface area contributed by atoms with Crippen molar-refractivity contribution < 1.29 is 8.42 Å². The Balaban J connectivity index is 2.14. The van der Waals surface area contributed by atoms with E-state index >= 15 is 0 Å². The monoisotopic (exact) mass is 360 g/mol. The standard InChI is InChI=1S/C14H21BrN2O2S/c1-2-17(11-13-5-3-4-10-16-13)20(18,19)14-8-6-12(15)7-9-14/h6-9,13,16H,2-5,10-11H2,1H3. The number of rotatable bonds is 5. The van der Waals surface area contributed by atoms with Gasteiger partial charge in [0.15, 0.2) is 0 Å². The topological polar surface area (TPSA) is 49.4 Å². The summed E-state index contributed by atoms with van der Waals surface area (Å²) in [5.41, 5.74) is 0. The van der Waals surface area contributed by atoms with Crippen LogP contribution in [0.4, 0.5) is 0 Å². The number of nitrogens with zero attached hydrogens (tertiary/aromatic N) is 1. The van der Waals surface area contributed by atoms with Crippen LogP contribution in [-0.4, -0.2) is 38.4 Å². The summed E-state index contributed by atoms with van der Waals surface area (Å²) in [5, 5.41) is 3.40. The number of halogens is 1. The zero-order chi connectivity index (χ0) is 14.6. The minimum absolute atomic E-state index is 0.272. The van der Waals surface area contributed by atoms with Crippen molar-refractivity contribution in [1.29, 1.82) is 0 Å². The second kappa shape index (κ2) is 7.02. The van der Waals surface area contributed by atoms with E-state index in [9.17, 15) is 8.42 Å². The Morgan fingerprint density at radius 1 is 1.30 bits per heavy atom. The first kappa shape index (κ1) is 15.9. The largest absolute Gasteiger partial charge is 0.313 e. The third-order valence-corrected chi connectivity index (χ3v) is 6.12. The lowest BCUT2D eigenvalue weighted by Gasteiger charge is -2.29. The first-order chi connectivity index (χ1) is 9.54. The third kappa shape index (κ3) is 3.81. The first-order valence-electron chi connectivity index (χ1n) is 7.03. The summed E-state index contributed by atoms with van der Waals surface area (Å²) in [6.07, 6.45) is 3.40. The van der Waals surface area contributed by atoms with Crippen LogP contribution in [0.1, 0.15) is 26.2 Å². The molecule has 0 aromatic heterocycles. The summed E-state index contributed by atoms with van der Waals surface area (Å²) in [5.74, 6) is 0. The van der Waals surface area contributed by atoms with Crippen molar-refractivity contribution in [3.8, 4) is 0 Å². The Morgan fingerprint density at radius 3 is 2.55 bits per heavy atom. The van der Waals surface area contributed by atoms with E-state index in [1.165, 1.54) is 12.8 Å². The van der Waals surface area contributed by atoms with Gasteiger partial charge in [-0.1, -0.05) is 29.3 Å². The summed E-state index contributed by atoms with van der Waals surface area (Å²) >= 11 is 3.33. The second-order valence-electron chi connectivity index (χ2n) is 5.06. The Bertz CT molecular complexity index is 525. The van der Waals surface area contributed by atoms with Crippen LogP contribution in [0.15, 0.2) is 33.6 Å². The van der Waals surface area contributed by atoms with E-state index in [4.69, 9.17) is 0 Å². The lowest BCUT2D eigenvalue weighted by Crippen LogP contribution is -2.45. The minimum atomic E-state index is -3.39. The van der Waals surface area contributed by atoms with Gasteiger partial charge in [-0.25, -0.2) is 8.42 Å². The fourth-order valence-electron chi connectivity index (χ4n) is 2.48. The Labute approximate surface area is 129 Å². The maximum absolute atomic E-state index is 12.6. The van der Waals surface area contributed by atoms with E-state index < -0.39 is 10.0 Å². The van der Waals surface area contributed by atoms with Crippen LogP contribution in [0.3, 0.4) is 0 Å². The van der Waals surface area contributed by atoms with Gasteiger partial charge in [-0.2, -0.15) is 4.31 Å². The minimum Gasteiger partial charge on any atom is -0.313 e. The van der Waals surface area contributed by atoms with Gasteiger partial charge >= 0.3 is 0 Å². The van der Waals surface area contributed by atoms with Crippen molar-refractivity contribution in [3.05, 3.63) is 28.7 Å². The number of hydrogen-bond donors (Lipinski definition) is 1. The Hall–Kier alpha value is -0.430. The number of likely N-dealkylation sites (N-methyl/N-ethyl adjacent to an activating group) is 1. The molecular formula is C14H21BrN2O2S. The van der Waals surface area contributed by atoms with Crippen LogP contribution in [0.5, 0.6) is 0 Å². The van der Waals surface area contributed by atoms with Crippen molar-refractivity contribution >= 4 is 26.0 Å². The second-order valence-corrected chi connectivity index (χ2v) is 7.91. The fraction of sp³-hybridized carbons (Fsp3) is 0.571. The predicted octanol–water partition coefficient (Wildman–Crippen LogP) is 2.60. The van der Waals surface area contributed by atoms with Gasteiger partial charge in [0.1, 0.15) is 0 Å². The molecule has 0 aliphatic carbocycles. The normalized spacial score (nSPS) is 20.2. The van der Waals surface area contributed by atoms with Crippen LogP contribution in [0, 0.1) is 0 Å². The summed E-state index contributed by atoms with van der Waals surface area (Å²) < 4.78 is 27.7. The first-order valence-corrected chi connectivity index (χ1v) is 9.26. The molecule has 0 spiro atoms. The summed E-state index contributed by atoms with van der Waals surface area (Å²) in [4.78, 5) is 0.360. The zero-order valence-electron chi connectivity index (χ0n) is 11.7. The summed E-state index contributed by atoms with van der Waals surface area (Å²) in [6, 6.07) is 7.10. The molecule has 2 rings (SSSR count). The Morgan fingerprint density at radius 2 is 2.00 bits per heavy atom. The van der Waals surface area contributed by atoms with Gasteiger partial charge in [0.25, 0.3) is 0 Å². The molecule has 0 radical (unpaired) electrons. The molecule has 0 saturated carbocycles. The maximum atomic E-state index is 12.6. The molecule has 1 atom stereocenters. The highest BCUT2D eigenvalue weighted by molar-refractivity contribution is 9.10. The predicted molar refractivity (Wildman–Crippen MR) is 84.2 cm³/mol. The van der Waals surface area contributed by atoms with E-state index in [0.29, 0.717) is 18.0 Å². The highest BCUT2D eigenvalue weighted by Gasteiger charge is 2.26. The smallest absolute Gasteiger partial charge is 0.243 e. The van der Waals surface area contributed by atoms with Crippen molar-refractivity contribution in [3.63, 3.8) is 0 Å². The van der Waals surface area contributed by atoms with Crippen molar-refractivity contribution in [1.82, 2.24) is 9.62 Å². The Kier molecular flexibility index (Phi) is 5.60. The average Bonchev–Trinajstić information content (AvgIpc) is 2.46. The van der Waals surface area contributed by atoms with Gasteiger partial charge in [-0.15, -0.1) is 0 Å². The number of benzene rings is 1. The highest BCUT2D eigenvalue weighted by Crippen LogP contribution is 2.20.